The van der Waals surface area contributed by atoms with Crippen LogP contribution in [0.1, 0.15) is 37.0 Å². The van der Waals surface area contributed by atoms with E-state index >= 15 is 0 Å². The highest BCUT2D eigenvalue weighted by Crippen LogP contribution is 2.31. The number of benzene rings is 2. The molecule has 0 aromatic heterocycles. The van der Waals surface area contributed by atoms with E-state index in [0.717, 1.165) is 28.4 Å². The van der Waals surface area contributed by atoms with Crippen LogP contribution >= 0.6 is 15.9 Å². The number of hydrogen-bond donors (Lipinski definition) is 1. The van der Waals surface area contributed by atoms with Crippen LogP contribution < -0.4 is 0 Å². The van der Waals surface area contributed by atoms with Gasteiger partial charge in [-0.3, -0.25) is 0 Å². The Balaban J connectivity index is 2.41. The molecule has 100 valence electrons. The number of aliphatic hydroxyl groups is 1. The van der Waals surface area contributed by atoms with Crippen LogP contribution in [0.25, 0.3) is 0 Å². The highest BCUT2D eigenvalue weighted by molar-refractivity contribution is 9.10. The molecule has 1 atom stereocenters. The molecule has 2 rings (SSSR count). The second-order valence-corrected chi connectivity index (χ2v) is 5.95. The highest BCUT2D eigenvalue weighted by Gasteiger charge is 2.25. The van der Waals surface area contributed by atoms with Crippen LogP contribution in [0.3, 0.4) is 0 Å². The zero-order valence-electron chi connectivity index (χ0n) is 11.4. The van der Waals surface area contributed by atoms with Crippen molar-refractivity contribution in [2.45, 2.75) is 32.3 Å². The number of hydrogen-bond acceptors (Lipinski definition) is 1. The van der Waals surface area contributed by atoms with Crippen LogP contribution in [0.2, 0.25) is 0 Å². The molecule has 2 heteroatoms. The van der Waals surface area contributed by atoms with Gasteiger partial charge in [-0.05, 0) is 42.2 Å². The van der Waals surface area contributed by atoms with Crippen molar-refractivity contribution in [2.75, 3.05) is 0 Å². The molecule has 0 radical (unpaired) electrons. The molecule has 1 unspecified atom stereocenters. The van der Waals surface area contributed by atoms with E-state index < -0.39 is 5.60 Å². The van der Waals surface area contributed by atoms with Gasteiger partial charge in [-0.15, -0.1) is 0 Å². The molecule has 0 amide bonds. The molecule has 1 N–H and O–H groups in total. The normalized spacial score (nSPS) is 14.1. The smallest absolute Gasteiger partial charge is 0.112 e. The molecular weight excluding hydrogens is 300 g/mol. The van der Waals surface area contributed by atoms with Crippen molar-refractivity contribution in [1.82, 2.24) is 0 Å². The summed E-state index contributed by atoms with van der Waals surface area (Å²) in [4.78, 5) is 0. The minimum Gasteiger partial charge on any atom is -0.381 e. The summed E-state index contributed by atoms with van der Waals surface area (Å²) in [5.41, 5.74) is 2.15. The predicted molar refractivity (Wildman–Crippen MR) is 83.3 cm³/mol. The van der Waals surface area contributed by atoms with Crippen molar-refractivity contribution in [3.63, 3.8) is 0 Å². The van der Waals surface area contributed by atoms with E-state index in [1.807, 2.05) is 43.3 Å². The first-order chi connectivity index (χ1) is 9.04. The Hall–Kier alpha value is -1.12. The fraction of sp³-hybridized carbons (Fsp3) is 0.294. The maximum atomic E-state index is 10.9. The highest BCUT2D eigenvalue weighted by atomic mass is 79.9. The number of aryl methyl sites for hydroxylation is 1. The zero-order chi connectivity index (χ0) is 13.9. The lowest BCUT2D eigenvalue weighted by Gasteiger charge is -2.25. The quantitative estimate of drug-likeness (QED) is 0.869. The van der Waals surface area contributed by atoms with Gasteiger partial charge in [0.25, 0.3) is 0 Å². The van der Waals surface area contributed by atoms with E-state index in [1.54, 1.807) is 0 Å². The summed E-state index contributed by atoms with van der Waals surface area (Å²) >= 11 is 3.46. The van der Waals surface area contributed by atoms with E-state index in [2.05, 4.69) is 35.0 Å². The Morgan fingerprint density at radius 3 is 2.32 bits per heavy atom. The van der Waals surface area contributed by atoms with Gasteiger partial charge in [-0.25, -0.2) is 0 Å². The lowest BCUT2D eigenvalue weighted by Crippen LogP contribution is -2.22. The lowest BCUT2D eigenvalue weighted by molar-refractivity contribution is 0.102. The first kappa shape index (κ1) is 14.3. The molecular formula is C17H19BrO. The molecule has 0 heterocycles. The third kappa shape index (κ3) is 3.26. The molecule has 0 saturated carbocycles. The van der Waals surface area contributed by atoms with Crippen molar-refractivity contribution in [2.24, 2.45) is 0 Å². The number of rotatable bonds is 4. The zero-order valence-corrected chi connectivity index (χ0v) is 12.9. The van der Waals surface area contributed by atoms with E-state index in [1.165, 1.54) is 5.56 Å². The SMILES string of the molecule is CCCc1cccc(C(C)(O)c2cccc(Br)c2)c1. The summed E-state index contributed by atoms with van der Waals surface area (Å²) in [6.45, 7) is 4.01. The standard InChI is InChI=1S/C17H19BrO/c1-3-6-13-7-4-8-14(11-13)17(2,19)15-9-5-10-16(18)12-15/h4-5,7-12,19H,3,6H2,1-2H3. The second kappa shape index (κ2) is 5.89. The summed E-state index contributed by atoms with van der Waals surface area (Å²) in [6.07, 6.45) is 2.16. The average Bonchev–Trinajstić information content (AvgIpc) is 2.39. The monoisotopic (exact) mass is 318 g/mol. The van der Waals surface area contributed by atoms with E-state index in [9.17, 15) is 5.11 Å². The van der Waals surface area contributed by atoms with Gasteiger partial charge in [0.05, 0.1) is 0 Å². The Morgan fingerprint density at radius 1 is 1.05 bits per heavy atom. The minimum absolute atomic E-state index is 0.899. The minimum atomic E-state index is -0.965. The third-order valence-electron chi connectivity index (χ3n) is 3.41. The van der Waals surface area contributed by atoms with Crippen LogP contribution in [-0.2, 0) is 12.0 Å². The van der Waals surface area contributed by atoms with E-state index in [4.69, 9.17) is 0 Å². The Bertz CT molecular complexity index is 561. The molecule has 0 aliphatic rings. The van der Waals surface area contributed by atoms with Crippen LogP contribution in [0.4, 0.5) is 0 Å². The predicted octanol–water partition coefficient (Wildman–Crippen LogP) is 4.66. The van der Waals surface area contributed by atoms with Gasteiger partial charge in [0.2, 0.25) is 0 Å². The van der Waals surface area contributed by atoms with Crippen molar-refractivity contribution in [3.05, 3.63) is 69.7 Å². The maximum absolute atomic E-state index is 10.9. The van der Waals surface area contributed by atoms with Crippen LogP contribution in [0, 0.1) is 0 Å². The fourth-order valence-electron chi connectivity index (χ4n) is 2.28. The molecule has 2 aromatic carbocycles. The summed E-state index contributed by atoms with van der Waals surface area (Å²) in [7, 11) is 0. The van der Waals surface area contributed by atoms with Crippen molar-refractivity contribution >= 4 is 15.9 Å². The van der Waals surface area contributed by atoms with Gasteiger partial charge in [0, 0.05) is 4.47 Å². The first-order valence-corrected chi connectivity index (χ1v) is 7.41. The van der Waals surface area contributed by atoms with Gasteiger partial charge in [0.1, 0.15) is 5.60 Å². The van der Waals surface area contributed by atoms with Gasteiger partial charge < -0.3 is 5.11 Å². The second-order valence-electron chi connectivity index (χ2n) is 5.03. The maximum Gasteiger partial charge on any atom is 0.112 e. The lowest BCUT2D eigenvalue weighted by atomic mass is 9.87. The molecule has 2 aromatic rings. The van der Waals surface area contributed by atoms with Crippen LogP contribution in [-0.4, -0.2) is 5.11 Å². The summed E-state index contributed by atoms with van der Waals surface area (Å²) in [5, 5.41) is 10.9. The Morgan fingerprint density at radius 2 is 1.68 bits per heavy atom. The fourth-order valence-corrected chi connectivity index (χ4v) is 2.68. The van der Waals surface area contributed by atoms with E-state index in [-0.39, 0.29) is 0 Å². The first-order valence-electron chi connectivity index (χ1n) is 6.62. The van der Waals surface area contributed by atoms with Gasteiger partial charge in [-0.1, -0.05) is 65.7 Å². The van der Waals surface area contributed by atoms with Crippen LogP contribution in [0.5, 0.6) is 0 Å². The molecule has 0 saturated heterocycles. The summed E-state index contributed by atoms with van der Waals surface area (Å²) in [6, 6.07) is 16.1. The topological polar surface area (TPSA) is 20.2 Å². The largest absolute Gasteiger partial charge is 0.381 e. The molecule has 0 fully saturated rings. The van der Waals surface area contributed by atoms with Crippen molar-refractivity contribution < 1.29 is 5.11 Å². The molecule has 19 heavy (non-hydrogen) atoms. The van der Waals surface area contributed by atoms with E-state index in [0.29, 0.717) is 0 Å². The number of halogens is 1. The summed E-state index contributed by atoms with van der Waals surface area (Å²) < 4.78 is 0.981. The Labute approximate surface area is 123 Å². The third-order valence-corrected chi connectivity index (χ3v) is 3.91. The average molecular weight is 319 g/mol. The van der Waals surface area contributed by atoms with Crippen molar-refractivity contribution in [3.8, 4) is 0 Å². The molecule has 0 bridgehead atoms. The Kier molecular flexibility index (Phi) is 4.43. The van der Waals surface area contributed by atoms with Crippen molar-refractivity contribution in [1.29, 1.82) is 0 Å². The molecule has 0 spiro atoms. The molecule has 1 nitrogen and oxygen atoms in total. The molecule has 0 aliphatic heterocycles. The van der Waals surface area contributed by atoms with Gasteiger partial charge in [-0.2, -0.15) is 0 Å². The summed E-state index contributed by atoms with van der Waals surface area (Å²) in [5.74, 6) is 0. The van der Waals surface area contributed by atoms with Crippen LogP contribution in [0.15, 0.2) is 53.0 Å². The van der Waals surface area contributed by atoms with Gasteiger partial charge in [0.15, 0.2) is 0 Å². The molecule has 0 aliphatic carbocycles. The van der Waals surface area contributed by atoms with Gasteiger partial charge >= 0.3 is 0 Å².